The first-order valence-electron chi connectivity index (χ1n) is 21.6. The van der Waals surface area contributed by atoms with Gasteiger partial charge in [0.15, 0.2) is 5.96 Å². The van der Waals surface area contributed by atoms with Gasteiger partial charge < -0.3 is 58.0 Å². The average molecular weight is 878 g/mol. The van der Waals surface area contributed by atoms with Crippen molar-refractivity contribution in [2.24, 2.45) is 28.3 Å². The summed E-state index contributed by atoms with van der Waals surface area (Å²) in [5.41, 5.74) is 13.0. The van der Waals surface area contributed by atoms with Gasteiger partial charge in [0.2, 0.25) is 29.5 Å². The zero-order valence-corrected chi connectivity index (χ0v) is 37.1. The van der Waals surface area contributed by atoms with Crippen molar-refractivity contribution < 1.29 is 43.7 Å². The van der Waals surface area contributed by atoms with Crippen LogP contribution in [0.3, 0.4) is 0 Å². The number of H-pyrrole nitrogens is 1. The van der Waals surface area contributed by atoms with Gasteiger partial charge in [-0.15, -0.1) is 0 Å². The lowest BCUT2D eigenvalue weighted by atomic mass is 10.00. The number of aliphatic hydroxyl groups excluding tert-OH is 1. The molecule has 1 heterocycles. The summed E-state index contributed by atoms with van der Waals surface area (Å²) in [6.45, 7) is 7.29. The van der Waals surface area contributed by atoms with Gasteiger partial charge in [-0.3, -0.25) is 29.0 Å². The molecule has 0 spiro atoms. The van der Waals surface area contributed by atoms with Crippen LogP contribution in [0, 0.1) is 11.8 Å². The topological polar surface area (TPSA) is 292 Å². The third-order valence-corrected chi connectivity index (χ3v) is 10.3. The van der Waals surface area contributed by atoms with Gasteiger partial charge in [-0.05, 0) is 66.8 Å². The largest absolute Gasteiger partial charge is 0.508 e. The third kappa shape index (κ3) is 18.0. The Labute approximate surface area is 369 Å². The summed E-state index contributed by atoms with van der Waals surface area (Å²) in [5, 5.41) is 34.4. The number of aromatic nitrogens is 1. The summed E-state index contributed by atoms with van der Waals surface area (Å²) in [4.78, 5) is 88.6. The maximum absolute atomic E-state index is 14.2. The number of benzene rings is 2. The van der Waals surface area contributed by atoms with Gasteiger partial charge in [0, 0.05) is 42.9 Å². The number of fused-ring (bicyclic) bond motifs is 1. The number of nitrogens with zero attached hydrogens (tertiary/aromatic N) is 1. The van der Waals surface area contributed by atoms with Gasteiger partial charge >= 0.3 is 5.97 Å². The molecule has 346 valence electrons. The maximum atomic E-state index is 14.2. The normalized spacial score (nSPS) is 13.6. The van der Waals surface area contributed by atoms with Gasteiger partial charge in [0.05, 0.1) is 13.7 Å². The van der Waals surface area contributed by atoms with Crippen LogP contribution in [0.25, 0.3) is 10.9 Å². The van der Waals surface area contributed by atoms with Gasteiger partial charge in [-0.25, -0.2) is 4.79 Å². The lowest BCUT2D eigenvalue weighted by Gasteiger charge is -2.27. The Morgan fingerprint density at radius 1 is 0.698 bits per heavy atom. The highest BCUT2D eigenvalue weighted by molar-refractivity contribution is 5.96. The number of aliphatic imine (C=N–C) groups is 1. The first-order chi connectivity index (χ1) is 30.0. The number of guanidine groups is 1. The summed E-state index contributed by atoms with van der Waals surface area (Å²) in [6.07, 6.45) is 5.98. The number of phenolic OH excluding ortho intramolecular Hbond substituents is 1. The number of ether oxygens (including phenoxy) is 1. The first kappa shape index (κ1) is 51.2. The molecular weight excluding hydrogens is 811 g/mol. The van der Waals surface area contributed by atoms with Crippen molar-refractivity contribution in [3.05, 3.63) is 65.9 Å². The van der Waals surface area contributed by atoms with Crippen LogP contribution in [0.15, 0.2) is 59.7 Å². The molecule has 3 aromatic rings. The molecule has 0 aliphatic heterocycles. The minimum absolute atomic E-state index is 0.00671. The number of hydrogen-bond donors (Lipinski definition) is 10. The molecule has 0 aliphatic rings. The van der Waals surface area contributed by atoms with Crippen molar-refractivity contribution in [2.45, 2.75) is 122 Å². The minimum atomic E-state index is -1.53. The van der Waals surface area contributed by atoms with Crippen LogP contribution in [0.2, 0.25) is 0 Å². The number of aliphatic hydroxyl groups is 1. The third-order valence-electron chi connectivity index (χ3n) is 10.3. The van der Waals surface area contributed by atoms with Gasteiger partial charge in [-0.1, -0.05) is 77.3 Å². The number of carbonyl (C=O) groups is 6. The lowest BCUT2D eigenvalue weighted by molar-refractivity contribution is -0.145. The Balaban J connectivity index is 1.82. The van der Waals surface area contributed by atoms with Crippen LogP contribution in [-0.4, -0.2) is 107 Å². The number of phenols is 1. The highest BCUT2D eigenvalue weighted by Crippen LogP contribution is 2.20. The quantitative estimate of drug-likeness (QED) is 0.0229. The summed E-state index contributed by atoms with van der Waals surface area (Å²) in [6, 6.07) is 7.27. The Morgan fingerprint density at radius 2 is 1.30 bits per heavy atom. The number of nitrogens with one attached hydrogen (secondary N) is 6. The number of rotatable bonds is 27. The molecule has 3 rings (SSSR count). The van der Waals surface area contributed by atoms with Crippen LogP contribution in [0.4, 0.5) is 0 Å². The van der Waals surface area contributed by atoms with Crippen molar-refractivity contribution in [3.63, 3.8) is 0 Å². The molecule has 12 N–H and O–H groups in total. The number of para-hydroxylation sites is 1. The number of carbonyl (C=O) groups excluding carboxylic acids is 6. The van der Waals surface area contributed by atoms with Crippen LogP contribution in [-0.2, 0) is 46.3 Å². The zero-order chi connectivity index (χ0) is 46.5. The van der Waals surface area contributed by atoms with E-state index in [9.17, 15) is 39.0 Å². The highest BCUT2D eigenvalue weighted by atomic mass is 16.5. The SMILES string of the molecule is COC(=O)[C@H](CCCN=C(N)N)NC(=O)[C@H](Cc1c[nH]c2ccccc12)NC(=O)[C@@H](CC(C)C)NC(=O)[C@H](CO)NC(=O)[C@@H](Cc1ccc(O)cc1)NC(=O)CCCCCC(C)C. The number of amides is 5. The molecule has 0 bridgehead atoms. The highest BCUT2D eigenvalue weighted by Gasteiger charge is 2.33. The van der Waals surface area contributed by atoms with Crippen molar-refractivity contribution >= 4 is 52.4 Å². The Bertz CT molecular complexity index is 1980. The van der Waals surface area contributed by atoms with Crippen molar-refractivity contribution in [3.8, 4) is 5.75 Å². The predicted octanol–water partition coefficient (Wildman–Crippen LogP) is 1.95. The second kappa shape index (κ2) is 26.3. The number of hydrogen-bond acceptors (Lipinski definition) is 10. The Hall–Kier alpha value is -6.17. The fourth-order valence-corrected chi connectivity index (χ4v) is 6.97. The number of esters is 1. The number of aromatic hydroxyl groups is 1. The second-order valence-corrected chi connectivity index (χ2v) is 16.6. The van der Waals surface area contributed by atoms with Crippen molar-refractivity contribution in [2.75, 3.05) is 20.3 Å². The van der Waals surface area contributed by atoms with E-state index in [1.54, 1.807) is 18.3 Å². The van der Waals surface area contributed by atoms with Gasteiger partial charge in [0.1, 0.15) is 36.0 Å². The zero-order valence-electron chi connectivity index (χ0n) is 37.1. The molecule has 18 nitrogen and oxygen atoms in total. The van der Waals surface area contributed by atoms with E-state index < -0.39 is 66.4 Å². The van der Waals surface area contributed by atoms with E-state index in [-0.39, 0.29) is 62.2 Å². The molecule has 2 aromatic carbocycles. The van der Waals surface area contributed by atoms with Crippen molar-refractivity contribution in [1.29, 1.82) is 0 Å². The molecule has 0 aliphatic carbocycles. The van der Waals surface area contributed by atoms with E-state index in [1.165, 1.54) is 19.2 Å². The molecule has 18 heteroatoms. The Kier molecular flexibility index (Phi) is 21.4. The van der Waals surface area contributed by atoms with E-state index in [1.807, 2.05) is 38.1 Å². The van der Waals surface area contributed by atoms with E-state index in [4.69, 9.17) is 16.2 Å². The molecular formula is C45H67N9O9. The van der Waals surface area contributed by atoms with E-state index >= 15 is 0 Å². The number of unbranched alkanes of at least 4 members (excludes halogenated alkanes) is 2. The molecule has 5 atom stereocenters. The van der Waals surface area contributed by atoms with Crippen molar-refractivity contribution in [1.82, 2.24) is 31.6 Å². The molecule has 0 radical (unpaired) electrons. The fraction of sp³-hybridized carbons (Fsp3) is 0.533. The van der Waals surface area contributed by atoms with E-state index in [2.05, 4.69) is 50.4 Å². The predicted molar refractivity (Wildman–Crippen MR) is 240 cm³/mol. The Morgan fingerprint density at radius 3 is 1.94 bits per heavy atom. The first-order valence-corrected chi connectivity index (χ1v) is 21.6. The average Bonchev–Trinajstić information content (AvgIpc) is 3.65. The molecule has 0 unspecified atom stereocenters. The summed E-state index contributed by atoms with van der Waals surface area (Å²) >= 11 is 0. The van der Waals surface area contributed by atoms with Crippen LogP contribution >= 0.6 is 0 Å². The molecule has 0 saturated heterocycles. The maximum Gasteiger partial charge on any atom is 0.328 e. The van der Waals surface area contributed by atoms with Crippen LogP contribution in [0.1, 0.15) is 90.2 Å². The molecule has 0 fully saturated rings. The molecule has 5 amide bonds. The second-order valence-electron chi connectivity index (χ2n) is 16.6. The molecule has 0 saturated carbocycles. The van der Waals surface area contributed by atoms with Crippen LogP contribution < -0.4 is 38.1 Å². The molecule has 63 heavy (non-hydrogen) atoms. The molecule has 1 aromatic heterocycles. The van der Waals surface area contributed by atoms with E-state index in [0.29, 0.717) is 29.9 Å². The standard InChI is InChI=1S/C45H67N9O9/c1-27(2)12-7-6-8-16-39(57)50-36(23-29-17-19-31(56)20-18-29)41(59)54-38(26-55)43(61)52-35(22-28(3)4)40(58)53-37(24-30-25-49-33-14-10-9-13-32(30)33)42(60)51-34(44(62)63-5)15-11-21-48-45(46)47/h9-10,13-14,17-20,25,27-28,34-38,49,55-56H,6-8,11-12,15-16,21-24,26H2,1-5H3,(H,50,57)(H,51,60)(H,52,61)(H,53,58)(H,54,59)(H4,46,47,48)/t34-,35+,36+,37-,38-/m0/s1. The number of methoxy groups -OCH3 is 1. The van der Waals surface area contributed by atoms with E-state index in [0.717, 1.165) is 30.2 Å². The number of aromatic amines is 1. The monoisotopic (exact) mass is 878 g/mol. The lowest BCUT2D eigenvalue weighted by Crippen LogP contribution is -2.60. The van der Waals surface area contributed by atoms with Crippen LogP contribution in [0.5, 0.6) is 5.75 Å². The summed E-state index contributed by atoms with van der Waals surface area (Å²) in [5.74, 6) is -3.81. The fourth-order valence-electron chi connectivity index (χ4n) is 6.97. The smallest absolute Gasteiger partial charge is 0.328 e. The summed E-state index contributed by atoms with van der Waals surface area (Å²) in [7, 11) is 1.19. The van der Waals surface area contributed by atoms with Gasteiger partial charge in [-0.2, -0.15) is 0 Å². The summed E-state index contributed by atoms with van der Waals surface area (Å²) < 4.78 is 4.94. The van der Waals surface area contributed by atoms with Gasteiger partial charge in [0.25, 0.3) is 0 Å². The minimum Gasteiger partial charge on any atom is -0.508 e. The number of nitrogens with two attached hydrogens (primary N) is 2.